The number of ketones is 1. The molecule has 1 N–H and O–H groups in total. The largest absolute Gasteiger partial charge is 1.00 e. The third kappa shape index (κ3) is 21.8. The van der Waals surface area contributed by atoms with E-state index in [4.69, 9.17) is 0 Å². The van der Waals surface area contributed by atoms with E-state index in [-0.39, 0.29) is 24.1 Å². The average molecular weight is 548 g/mol. The SMILES string of the molecule is C=C(C)C(=O)C(CCCCCCCCCCCCCCCCCCCCCc1ccccc1)C[NH+](C)C.[Cl-]. The Labute approximate surface area is 243 Å². The molecule has 1 aromatic rings. The monoisotopic (exact) mass is 547 g/mol. The van der Waals surface area contributed by atoms with Gasteiger partial charge >= 0.3 is 0 Å². The topological polar surface area (TPSA) is 21.5 Å². The Bertz CT molecular complexity index is 672. The predicted molar refractivity (Wildman–Crippen MR) is 163 cm³/mol. The van der Waals surface area contributed by atoms with Gasteiger partial charge in [0.2, 0.25) is 0 Å². The normalized spacial score (nSPS) is 11.9. The fourth-order valence-corrected chi connectivity index (χ4v) is 5.54. The molecule has 2 nitrogen and oxygen atoms in total. The number of nitrogens with one attached hydrogen (secondary N) is 1. The lowest BCUT2D eigenvalue weighted by molar-refractivity contribution is -0.860. The molecule has 0 spiro atoms. The van der Waals surface area contributed by atoms with Crippen LogP contribution in [-0.4, -0.2) is 26.4 Å². The third-order valence-corrected chi connectivity index (χ3v) is 7.81. The summed E-state index contributed by atoms with van der Waals surface area (Å²) in [6.07, 6.45) is 28.8. The van der Waals surface area contributed by atoms with Crippen LogP contribution in [0.1, 0.15) is 141 Å². The summed E-state index contributed by atoms with van der Waals surface area (Å²) < 4.78 is 0. The summed E-state index contributed by atoms with van der Waals surface area (Å²) in [5.41, 5.74) is 2.22. The number of aryl methyl sites for hydroxylation is 1. The van der Waals surface area contributed by atoms with Gasteiger partial charge in [-0.1, -0.05) is 152 Å². The molecule has 38 heavy (non-hydrogen) atoms. The number of halogens is 1. The molecule has 220 valence electrons. The first-order valence-electron chi connectivity index (χ1n) is 16.0. The minimum Gasteiger partial charge on any atom is -1.00 e. The van der Waals surface area contributed by atoms with Crippen LogP contribution < -0.4 is 17.3 Å². The highest BCUT2D eigenvalue weighted by molar-refractivity contribution is 5.96. The van der Waals surface area contributed by atoms with Gasteiger partial charge in [-0.3, -0.25) is 4.79 Å². The average Bonchev–Trinajstić information content (AvgIpc) is 2.88. The van der Waals surface area contributed by atoms with Gasteiger partial charge in [-0.15, -0.1) is 0 Å². The zero-order chi connectivity index (χ0) is 27.0. The van der Waals surface area contributed by atoms with Crippen molar-refractivity contribution in [2.75, 3.05) is 20.6 Å². The molecule has 0 heterocycles. The van der Waals surface area contributed by atoms with Crippen molar-refractivity contribution in [1.29, 1.82) is 0 Å². The molecule has 0 bridgehead atoms. The van der Waals surface area contributed by atoms with E-state index < -0.39 is 0 Å². The van der Waals surface area contributed by atoms with Crippen molar-refractivity contribution in [2.45, 2.75) is 142 Å². The van der Waals surface area contributed by atoms with Gasteiger partial charge in [0, 0.05) is 0 Å². The summed E-state index contributed by atoms with van der Waals surface area (Å²) in [5, 5.41) is 0. The van der Waals surface area contributed by atoms with Gasteiger partial charge < -0.3 is 17.3 Å². The van der Waals surface area contributed by atoms with Crippen LogP contribution in [0.5, 0.6) is 0 Å². The standard InChI is InChI=1S/C35H61NO.ClH/c1-32(2)35(37)34(31-36(3)4)30-26-21-19-17-15-13-11-9-7-5-6-8-10-12-14-16-18-20-23-27-33-28-24-22-25-29-33;/h22,24-25,28-29,34H,1,5-21,23,26-27,30-31H2,2-4H3;1H. The molecule has 1 rings (SSSR count). The van der Waals surface area contributed by atoms with Crippen LogP contribution >= 0.6 is 0 Å². The molecule has 0 saturated carbocycles. The molecule has 1 atom stereocenters. The summed E-state index contributed by atoms with van der Waals surface area (Å²) in [5.74, 6) is 0.449. The molecule has 0 radical (unpaired) electrons. The van der Waals surface area contributed by atoms with Gasteiger partial charge in [-0.25, -0.2) is 0 Å². The second-order valence-electron chi connectivity index (χ2n) is 12.0. The Kier molecular flexibility index (Phi) is 25.4. The van der Waals surface area contributed by atoms with E-state index in [1.807, 2.05) is 6.92 Å². The summed E-state index contributed by atoms with van der Waals surface area (Å²) >= 11 is 0. The summed E-state index contributed by atoms with van der Waals surface area (Å²) in [7, 11) is 4.27. The van der Waals surface area contributed by atoms with Crippen LogP contribution in [0.4, 0.5) is 0 Å². The molecule has 0 aliphatic heterocycles. The smallest absolute Gasteiger partial charge is 0.166 e. The summed E-state index contributed by atoms with van der Waals surface area (Å²) in [6, 6.07) is 10.9. The predicted octanol–water partition coefficient (Wildman–Crippen LogP) is 5.94. The van der Waals surface area contributed by atoms with Crippen LogP contribution in [-0.2, 0) is 11.2 Å². The maximum atomic E-state index is 12.3. The summed E-state index contributed by atoms with van der Waals surface area (Å²) in [4.78, 5) is 13.7. The maximum Gasteiger partial charge on any atom is 0.166 e. The van der Waals surface area contributed by atoms with Gasteiger partial charge in [0.15, 0.2) is 5.78 Å². The fourth-order valence-electron chi connectivity index (χ4n) is 5.54. The Hall–Kier alpha value is -1.12. The van der Waals surface area contributed by atoms with Crippen LogP contribution in [0.2, 0.25) is 0 Å². The number of carbonyl (C=O) groups is 1. The molecule has 0 aliphatic carbocycles. The highest BCUT2D eigenvalue weighted by Crippen LogP contribution is 2.17. The Morgan fingerprint density at radius 3 is 1.39 bits per heavy atom. The number of unbranched alkanes of at least 4 members (excludes halogenated alkanes) is 18. The lowest BCUT2D eigenvalue weighted by Crippen LogP contribution is -3.06. The number of allylic oxidation sites excluding steroid dienone is 1. The zero-order valence-electron chi connectivity index (χ0n) is 25.5. The zero-order valence-corrected chi connectivity index (χ0v) is 26.3. The van der Waals surface area contributed by atoms with Crippen molar-refractivity contribution < 1.29 is 22.1 Å². The van der Waals surface area contributed by atoms with Crippen molar-refractivity contribution in [3.63, 3.8) is 0 Å². The van der Waals surface area contributed by atoms with Crippen LogP contribution in [0.25, 0.3) is 0 Å². The van der Waals surface area contributed by atoms with Gasteiger partial charge in [0.05, 0.1) is 26.6 Å². The first-order chi connectivity index (χ1) is 18.0. The van der Waals surface area contributed by atoms with Gasteiger partial charge in [-0.2, -0.15) is 0 Å². The highest BCUT2D eigenvalue weighted by Gasteiger charge is 2.21. The Morgan fingerprint density at radius 2 is 1.03 bits per heavy atom. The van der Waals surface area contributed by atoms with E-state index in [1.165, 1.54) is 139 Å². The number of quaternary nitrogens is 1. The third-order valence-electron chi connectivity index (χ3n) is 7.81. The van der Waals surface area contributed by atoms with Gasteiger partial charge in [-0.05, 0) is 37.3 Å². The van der Waals surface area contributed by atoms with Crippen LogP contribution in [0.15, 0.2) is 42.5 Å². The van der Waals surface area contributed by atoms with Gasteiger partial charge in [0.1, 0.15) is 0 Å². The van der Waals surface area contributed by atoms with Crippen molar-refractivity contribution in [1.82, 2.24) is 0 Å². The first-order valence-corrected chi connectivity index (χ1v) is 16.0. The number of hydrogen-bond acceptors (Lipinski definition) is 1. The number of hydrogen-bond donors (Lipinski definition) is 1. The van der Waals surface area contributed by atoms with Crippen molar-refractivity contribution in [2.24, 2.45) is 5.92 Å². The van der Waals surface area contributed by atoms with Crippen LogP contribution in [0, 0.1) is 5.92 Å². The van der Waals surface area contributed by atoms with E-state index in [1.54, 1.807) is 0 Å². The minimum atomic E-state index is 0. The Balaban J connectivity index is 0.0000137. The molecule has 3 heteroatoms. The molecule has 0 amide bonds. The van der Waals surface area contributed by atoms with Crippen molar-refractivity contribution in [3.8, 4) is 0 Å². The first kappa shape index (κ1) is 36.9. The summed E-state index contributed by atoms with van der Waals surface area (Å²) in [6.45, 7) is 6.66. The lowest BCUT2D eigenvalue weighted by atomic mass is 9.92. The van der Waals surface area contributed by atoms with Gasteiger partial charge in [0.25, 0.3) is 0 Å². The number of Topliss-reactive ketones (excluding diaryl/α,β-unsaturated/α-hetero) is 1. The molecule has 0 aliphatic rings. The van der Waals surface area contributed by atoms with Crippen LogP contribution in [0.3, 0.4) is 0 Å². The second-order valence-corrected chi connectivity index (χ2v) is 12.0. The van der Waals surface area contributed by atoms with E-state index in [2.05, 4.69) is 51.0 Å². The van der Waals surface area contributed by atoms with Crippen molar-refractivity contribution in [3.05, 3.63) is 48.0 Å². The molecular formula is C35H62ClNO. The minimum absolute atomic E-state index is 0. The Morgan fingerprint density at radius 1 is 0.658 bits per heavy atom. The molecule has 0 aromatic heterocycles. The quantitative estimate of drug-likeness (QED) is 0.112. The molecule has 0 fully saturated rings. The fraction of sp³-hybridized carbons (Fsp3) is 0.743. The second kappa shape index (κ2) is 26.1. The number of benzene rings is 1. The molecular weight excluding hydrogens is 486 g/mol. The van der Waals surface area contributed by atoms with E-state index in [0.29, 0.717) is 0 Å². The lowest BCUT2D eigenvalue weighted by Gasteiger charge is -2.17. The maximum absolute atomic E-state index is 12.3. The van der Waals surface area contributed by atoms with E-state index in [0.717, 1.165) is 18.5 Å². The molecule has 1 unspecified atom stereocenters. The number of carbonyl (C=O) groups excluding carboxylic acids is 1. The molecule has 1 aromatic carbocycles. The van der Waals surface area contributed by atoms with E-state index in [9.17, 15) is 4.79 Å². The van der Waals surface area contributed by atoms with E-state index >= 15 is 0 Å². The van der Waals surface area contributed by atoms with Crippen molar-refractivity contribution >= 4 is 5.78 Å². The number of rotatable bonds is 26. The highest BCUT2D eigenvalue weighted by atomic mass is 35.5. The molecule has 0 saturated heterocycles.